The van der Waals surface area contributed by atoms with E-state index in [0.29, 0.717) is 56.1 Å². The highest BCUT2D eigenvalue weighted by Gasteiger charge is 2.41. The number of nitrogens with zero attached hydrogens (tertiary/aromatic N) is 7. The maximum absolute atomic E-state index is 13.6. The minimum absolute atomic E-state index is 0.0109. The van der Waals surface area contributed by atoms with Crippen molar-refractivity contribution >= 4 is 35.3 Å². The topological polar surface area (TPSA) is 156 Å². The van der Waals surface area contributed by atoms with E-state index in [1.807, 2.05) is 24.4 Å². The number of pyridine rings is 1. The molecule has 14 nitrogen and oxygen atoms in total. The second-order valence-electron chi connectivity index (χ2n) is 16.8. The lowest BCUT2D eigenvalue weighted by atomic mass is 9.83. The first kappa shape index (κ1) is 40.9. The third kappa shape index (κ3) is 8.82. The molecule has 17 heteroatoms. The molecule has 2 aromatic carbocycles. The lowest BCUT2D eigenvalue weighted by Gasteiger charge is -2.38. The van der Waals surface area contributed by atoms with Gasteiger partial charge >= 0.3 is 6.18 Å². The van der Waals surface area contributed by atoms with E-state index in [2.05, 4.69) is 59.7 Å². The van der Waals surface area contributed by atoms with Crippen LogP contribution in [0.2, 0.25) is 0 Å². The van der Waals surface area contributed by atoms with E-state index >= 15 is 0 Å². The zero-order valence-corrected chi connectivity index (χ0v) is 33.7. The number of piperidine rings is 3. The third-order valence-electron chi connectivity index (χ3n) is 12.7. The van der Waals surface area contributed by atoms with Gasteiger partial charge in [0.1, 0.15) is 17.4 Å². The molecule has 0 radical (unpaired) electrons. The second-order valence-corrected chi connectivity index (χ2v) is 16.8. The summed E-state index contributed by atoms with van der Waals surface area (Å²) in [7, 11) is 0. The third-order valence-corrected chi connectivity index (χ3v) is 12.7. The van der Waals surface area contributed by atoms with Crippen LogP contribution in [0.3, 0.4) is 0 Å². The molecule has 0 aliphatic carbocycles. The van der Waals surface area contributed by atoms with Crippen molar-refractivity contribution in [3.8, 4) is 0 Å². The van der Waals surface area contributed by atoms with Crippen LogP contribution in [-0.2, 0) is 45.8 Å². The Morgan fingerprint density at radius 1 is 0.869 bits per heavy atom. The molecule has 1 unspecified atom stereocenters. The van der Waals surface area contributed by atoms with Crippen molar-refractivity contribution in [2.75, 3.05) is 49.7 Å². The molecule has 320 valence electrons. The average Bonchev–Trinajstić information content (AvgIpc) is 3.91. The number of hydrogen-bond acceptors (Lipinski definition) is 12. The van der Waals surface area contributed by atoms with Crippen LogP contribution in [0, 0.1) is 0 Å². The van der Waals surface area contributed by atoms with Gasteiger partial charge in [0.05, 0.1) is 12.2 Å². The summed E-state index contributed by atoms with van der Waals surface area (Å²) in [5.74, 6) is -0.476. The van der Waals surface area contributed by atoms with Gasteiger partial charge in [-0.1, -0.05) is 42.5 Å². The Morgan fingerprint density at radius 3 is 2.23 bits per heavy atom. The number of carbonyl (C=O) groups excluding carboxylic acids is 3. The number of aromatic nitrogens is 3. The summed E-state index contributed by atoms with van der Waals surface area (Å²) in [6, 6.07) is 17.4. The van der Waals surface area contributed by atoms with Crippen LogP contribution in [0.1, 0.15) is 94.6 Å². The van der Waals surface area contributed by atoms with Crippen molar-refractivity contribution in [3.05, 3.63) is 106 Å². The first-order chi connectivity index (χ1) is 29.4. The van der Waals surface area contributed by atoms with Gasteiger partial charge in [0.25, 0.3) is 5.91 Å². The number of alkyl halides is 3. The predicted octanol–water partition coefficient (Wildman–Crippen LogP) is 5.40. The van der Waals surface area contributed by atoms with Gasteiger partial charge in [-0.3, -0.25) is 34.3 Å². The number of imide groups is 1. The smallest absolute Gasteiger partial charge is 0.385 e. The Morgan fingerprint density at radius 2 is 1.59 bits per heavy atom. The quantitative estimate of drug-likeness (QED) is 0.175. The summed E-state index contributed by atoms with van der Waals surface area (Å²) in [6.07, 6.45) is 2.20. The molecule has 4 fully saturated rings. The van der Waals surface area contributed by atoms with Crippen LogP contribution < -0.4 is 15.7 Å². The van der Waals surface area contributed by atoms with Gasteiger partial charge in [0, 0.05) is 63.6 Å². The molecule has 3 amide bonds. The molecule has 61 heavy (non-hydrogen) atoms. The Hall–Kier alpha value is -5.49. The number of likely N-dealkylation sites (tertiary alicyclic amines) is 2. The van der Waals surface area contributed by atoms with Crippen molar-refractivity contribution in [2.45, 2.75) is 88.3 Å². The highest BCUT2D eigenvalue weighted by Crippen LogP contribution is 2.39. The fourth-order valence-corrected chi connectivity index (χ4v) is 9.20. The van der Waals surface area contributed by atoms with Gasteiger partial charge < -0.3 is 15.3 Å². The zero-order valence-electron chi connectivity index (χ0n) is 33.7. The first-order valence-electron chi connectivity index (χ1n) is 21.0. The molecule has 5 aliphatic rings. The van der Waals surface area contributed by atoms with E-state index in [1.54, 1.807) is 12.1 Å². The standard InChI is InChI=1S/C44H48F3N9O5/c45-44(46,47)35-24-49-42(52-39(35)56-16-1-21-61-56)50-37-10-6-31(23-48-37)30-12-17-53(18-13-30)25-28-2-4-29(5-3-28)26-54-19-14-43(60,15-20-54)33-7-8-34-32(22-33)27-55(41(34)59)36-9-11-38(57)51-40(36)58/h2-8,10,22-24,30,36,60H,1,9,11-21,25-27H2,(H,51,57,58)(H,48,49,50,52). The number of hydrogen-bond donors (Lipinski definition) is 3. The maximum atomic E-state index is 13.6. The molecule has 0 bridgehead atoms. The number of benzene rings is 2. The second kappa shape index (κ2) is 16.8. The molecule has 2 aromatic heterocycles. The van der Waals surface area contributed by atoms with Gasteiger partial charge in [-0.2, -0.15) is 18.2 Å². The Bertz CT molecular complexity index is 2270. The minimum atomic E-state index is -4.61. The molecule has 7 heterocycles. The monoisotopic (exact) mass is 839 g/mol. The molecule has 9 rings (SSSR count). The van der Waals surface area contributed by atoms with Crippen LogP contribution in [-0.4, -0.2) is 97.9 Å². The van der Waals surface area contributed by atoms with Crippen LogP contribution in [0.5, 0.6) is 0 Å². The molecular formula is C44H48F3N9O5. The number of nitrogens with one attached hydrogen (secondary N) is 2. The zero-order chi connectivity index (χ0) is 42.3. The lowest BCUT2D eigenvalue weighted by molar-refractivity contribution is -0.138. The summed E-state index contributed by atoms with van der Waals surface area (Å²) in [6.45, 7) is 5.92. The fourth-order valence-electron chi connectivity index (χ4n) is 9.20. The SMILES string of the molecule is O=C1CCC(N2Cc3cc(C4(O)CCN(Cc5ccc(CN6CCC(c7ccc(Nc8ncc(C(F)(F)F)c(N9CCCO9)n8)nc7)CC6)cc5)CC4)ccc3C2=O)C(=O)N1. The van der Waals surface area contributed by atoms with Crippen LogP contribution in [0.25, 0.3) is 0 Å². The van der Waals surface area contributed by atoms with E-state index in [4.69, 9.17) is 4.84 Å². The molecule has 5 aliphatic heterocycles. The van der Waals surface area contributed by atoms with Crippen LogP contribution in [0.4, 0.5) is 30.8 Å². The van der Waals surface area contributed by atoms with Gasteiger partial charge in [-0.05, 0) is 97.5 Å². The molecule has 0 spiro atoms. The number of hydroxylamine groups is 1. The highest BCUT2D eigenvalue weighted by molar-refractivity contribution is 6.05. The van der Waals surface area contributed by atoms with Gasteiger partial charge in [-0.25, -0.2) is 15.0 Å². The van der Waals surface area contributed by atoms with Crippen molar-refractivity contribution in [1.29, 1.82) is 0 Å². The number of carbonyl (C=O) groups is 3. The normalized spacial score (nSPS) is 21.5. The van der Waals surface area contributed by atoms with Crippen LogP contribution in [0.15, 0.2) is 67.0 Å². The summed E-state index contributed by atoms with van der Waals surface area (Å²) >= 11 is 0. The number of anilines is 3. The molecule has 4 saturated heterocycles. The summed E-state index contributed by atoms with van der Waals surface area (Å²) in [4.78, 5) is 61.5. The predicted molar refractivity (Wildman–Crippen MR) is 217 cm³/mol. The summed E-state index contributed by atoms with van der Waals surface area (Å²) < 4.78 is 40.8. The van der Waals surface area contributed by atoms with Gasteiger partial charge in [-0.15, -0.1) is 0 Å². The average molecular weight is 840 g/mol. The lowest BCUT2D eigenvalue weighted by Crippen LogP contribution is -2.52. The van der Waals surface area contributed by atoms with Crippen molar-refractivity contribution in [1.82, 2.24) is 35.0 Å². The summed E-state index contributed by atoms with van der Waals surface area (Å²) in [5.41, 5.74) is 3.76. The maximum Gasteiger partial charge on any atom is 0.421 e. The van der Waals surface area contributed by atoms with Crippen molar-refractivity contribution in [3.63, 3.8) is 0 Å². The Labute approximate surface area is 351 Å². The van der Waals surface area contributed by atoms with Crippen molar-refractivity contribution in [2.24, 2.45) is 0 Å². The molecule has 0 saturated carbocycles. The molecule has 4 aromatic rings. The van der Waals surface area contributed by atoms with Crippen LogP contribution >= 0.6 is 0 Å². The highest BCUT2D eigenvalue weighted by atomic mass is 19.4. The first-order valence-corrected chi connectivity index (χ1v) is 21.0. The number of halogens is 3. The van der Waals surface area contributed by atoms with Gasteiger partial charge in [0.15, 0.2) is 5.82 Å². The summed E-state index contributed by atoms with van der Waals surface area (Å²) in [5, 5.41) is 18.2. The fraction of sp³-hybridized carbons (Fsp3) is 0.455. The van der Waals surface area contributed by atoms with E-state index in [9.17, 15) is 32.7 Å². The number of amides is 3. The number of aliphatic hydroxyl groups is 1. The molecule has 1 atom stereocenters. The van der Waals surface area contributed by atoms with E-state index < -0.39 is 29.3 Å². The largest absolute Gasteiger partial charge is 0.421 e. The molecule has 3 N–H and O–H groups in total. The van der Waals surface area contributed by atoms with Gasteiger partial charge in [0.2, 0.25) is 17.8 Å². The number of fused-ring (bicyclic) bond motifs is 1. The van der Waals surface area contributed by atoms with E-state index in [1.165, 1.54) is 21.1 Å². The Kier molecular flexibility index (Phi) is 11.2. The van der Waals surface area contributed by atoms with Crippen molar-refractivity contribution < 1.29 is 37.5 Å². The molecular weight excluding hydrogens is 792 g/mol. The van der Waals surface area contributed by atoms with E-state index in [-0.39, 0.29) is 36.5 Å². The Balaban J connectivity index is 0.725. The minimum Gasteiger partial charge on any atom is -0.385 e. The number of rotatable bonds is 10. The van der Waals surface area contributed by atoms with E-state index in [0.717, 1.165) is 75.0 Å².